The first kappa shape index (κ1) is 16.9. The predicted octanol–water partition coefficient (Wildman–Crippen LogP) is -0.895. The van der Waals surface area contributed by atoms with E-state index in [0.29, 0.717) is 31.7 Å². The van der Waals surface area contributed by atoms with E-state index in [2.05, 4.69) is 5.10 Å². The topological polar surface area (TPSA) is 98.6 Å². The molecule has 3 rings (SSSR count). The van der Waals surface area contributed by atoms with E-state index in [1.165, 1.54) is 24.7 Å². The van der Waals surface area contributed by atoms with Crippen LogP contribution in [-0.4, -0.2) is 52.7 Å². The van der Waals surface area contributed by atoms with Gasteiger partial charge in [0.1, 0.15) is 5.82 Å². The average molecular weight is 347 g/mol. The number of aromatic carboxylic acids is 1. The molecule has 1 aliphatic heterocycles. The fourth-order valence-corrected chi connectivity index (χ4v) is 3.02. The Morgan fingerprint density at radius 3 is 2.40 bits per heavy atom. The lowest BCUT2D eigenvalue weighted by Crippen LogP contribution is -2.48. The van der Waals surface area contributed by atoms with E-state index >= 15 is 0 Å². The van der Waals surface area contributed by atoms with Crippen molar-refractivity contribution < 1.29 is 19.1 Å². The number of hydrogen-bond acceptors (Lipinski definition) is 6. The van der Waals surface area contributed by atoms with Crippen LogP contribution in [0.2, 0.25) is 0 Å². The van der Waals surface area contributed by atoms with Crippen LogP contribution in [0, 0.1) is 5.82 Å². The van der Waals surface area contributed by atoms with Crippen molar-refractivity contribution in [3.63, 3.8) is 0 Å². The zero-order valence-corrected chi connectivity index (χ0v) is 13.8. The minimum Gasteiger partial charge on any atom is -0.543 e. The van der Waals surface area contributed by atoms with Crippen LogP contribution in [0.4, 0.5) is 10.1 Å². The number of halogens is 1. The number of piperazine rings is 1. The van der Waals surface area contributed by atoms with Crippen molar-refractivity contribution in [1.82, 2.24) is 14.7 Å². The molecule has 0 aliphatic carbocycles. The second-order valence-electron chi connectivity index (χ2n) is 5.90. The van der Waals surface area contributed by atoms with Gasteiger partial charge in [-0.05, 0) is 12.1 Å². The van der Waals surface area contributed by atoms with Gasteiger partial charge in [-0.1, -0.05) is 0 Å². The lowest BCUT2D eigenvalue weighted by molar-refractivity contribution is -0.255. The molecular weight excluding hydrogens is 331 g/mol. The third-order valence-corrected chi connectivity index (χ3v) is 4.38. The largest absolute Gasteiger partial charge is 0.543 e. The zero-order chi connectivity index (χ0) is 18.3. The highest BCUT2D eigenvalue weighted by atomic mass is 19.1. The normalized spacial score (nSPS) is 14.8. The van der Waals surface area contributed by atoms with E-state index in [-0.39, 0.29) is 17.0 Å². The molecule has 1 amide bonds. The van der Waals surface area contributed by atoms with Crippen LogP contribution >= 0.6 is 0 Å². The number of fused-ring (bicyclic) bond motifs is 1. The van der Waals surface area contributed by atoms with E-state index in [1.807, 2.05) is 0 Å². The molecule has 0 unspecified atom stereocenters. The van der Waals surface area contributed by atoms with Crippen molar-refractivity contribution in [3.05, 3.63) is 33.9 Å². The van der Waals surface area contributed by atoms with Gasteiger partial charge in [0.25, 0.3) is 0 Å². The molecule has 1 aliphatic rings. The summed E-state index contributed by atoms with van der Waals surface area (Å²) >= 11 is 0. The molecule has 8 nitrogen and oxygen atoms in total. The molecule has 1 fully saturated rings. The quantitative estimate of drug-likeness (QED) is 0.699. The van der Waals surface area contributed by atoms with E-state index in [9.17, 15) is 23.9 Å². The van der Waals surface area contributed by atoms with Gasteiger partial charge >= 0.3 is 0 Å². The highest BCUT2D eigenvalue weighted by molar-refractivity contribution is 5.90. The molecule has 1 saturated heterocycles. The monoisotopic (exact) mass is 347 g/mol. The Bertz CT molecular complexity index is 932. The number of carboxylic acid groups (broad SMARTS) is 1. The van der Waals surface area contributed by atoms with Gasteiger partial charge in [-0.3, -0.25) is 14.3 Å². The molecule has 0 atom stereocenters. The first-order valence-corrected chi connectivity index (χ1v) is 7.72. The predicted molar refractivity (Wildman–Crippen MR) is 85.7 cm³/mol. The number of aryl methyl sites for hydroxylation is 1. The summed E-state index contributed by atoms with van der Waals surface area (Å²) in [7, 11) is 1.48. The van der Waals surface area contributed by atoms with Crippen LogP contribution in [0.3, 0.4) is 0 Å². The van der Waals surface area contributed by atoms with Gasteiger partial charge in [0.2, 0.25) is 11.3 Å². The number of amides is 1. The van der Waals surface area contributed by atoms with E-state index in [4.69, 9.17) is 0 Å². The van der Waals surface area contributed by atoms with Crippen LogP contribution in [0.1, 0.15) is 17.4 Å². The van der Waals surface area contributed by atoms with Crippen molar-refractivity contribution >= 4 is 28.5 Å². The number of hydrogen-bond donors (Lipinski definition) is 0. The number of aromatic nitrogens is 2. The van der Waals surface area contributed by atoms with Crippen molar-refractivity contribution in [3.8, 4) is 0 Å². The summed E-state index contributed by atoms with van der Waals surface area (Å²) in [5, 5.41) is 14.6. The number of carboxylic acids is 1. The lowest BCUT2D eigenvalue weighted by atomic mass is 10.1. The maximum Gasteiger partial charge on any atom is 0.219 e. The Hall–Kier alpha value is -2.97. The van der Waals surface area contributed by atoms with E-state index < -0.39 is 22.9 Å². The van der Waals surface area contributed by atoms with Gasteiger partial charge in [-0.25, -0.2) is 4.39 Å². The molecule has 0 N–H and O–H groups in total. The molecule has 2 heterocycles. The average Bonchev–Trinajstić information content (AvgIpc) is 2.57. The Morgan fingerprint density at radius 2 is 1.84 bits per heavy atom. The Labute approximate surface area is 142 Å². The smallest absolute Gasteiger partial charge is 0.219 e. The van der Waals surface area contributed by atoms with Gasteiger partial charge in [0, 0.05) is 40.2 Å². The summed E-state index contributed by atoms with van der Waals surface area (Å²) in [5.74, 6) is -2.36. The van der Waals surface area contributed by atoms with Crippen LogP contribution in [0.15, 0.2) is 16.9 Å². The van der Waals surface area contributed by atoms with Crippen LogP contribution in [0.25, 0.3) is 10.9 Å². The van der Waals surface area contributed by atoms with Gasteiger partial charge in [0.15, 0.2) is 5.69 Å². The van der Waals surface area contributed by atoms with Gasteiger partial charge in [-0.15, -0.1) is 0 Å². The number of rotatable bonds is 2. The van der Waals surface area contributed by atoms with Crippen LogP contribution < -0.4 is 15.4 Å². The van der Waals surface area contributed by atoms with Gasteiger partial charge < -0.3 is 19.7 Å². The summed E-state index contributed by atoms with van der Waals surface area (Å²) in [6.07, 6.45) is 0. The third-order valence-electron chi connectivity index (χ3n) is 4.38. The van der Waals surface area contributed by atoms with Crippen LogP contribution in [-0.2, 0) is 11.8 Å². The molecule has 0 spiro atoms. The molecule has 0 bridgehead atoms. The minimum absolute atomic E-state index is 0.0277. The maximum absolute atomic E-state index is 14.6. The van der Waals surface area contributed by atoms with Crippen molar-refractivity contribution in [2.75, 3.05) is 31.1 Å². The first-order valence-electron chi connectivity index (χ1n) is 7.72. The summed E-state index contributed by atoms with van der Waals surface area (Å²) in [5.41, 5.74) is -1.02. The van der Waals surface area contributed by atoms with Crippen molar-refractivity contribution in [2.24, 2.45) is 7.05 Å². The van der Waals surface area contributed by atoms with Crippen LogP contribution in [0.5, 0.6) is 0 Å². The number of benzene rings is 1. The Morgan fingerprint density at radius 1 is 1.20 bits per heavy atom. The second kappa shape index (κ2) is 6.15. The fraction of sp³-hybridized carbons (Fsp3) is 0.375. The number of nitrogens with zero attached hydrogens (tertiary/aromatic N) is 4. The summed E-state index contributed by atoms with van der Waals surface area (Å²) in [6.45, 7) is 3.37. The maximum atomic E-state index is 14.6. The first-order chi connectivity index (χ1) is 11.8. The van der Waals surface area contributed by atoms with Gasteiger partial charge in [0.05, 0.1) is 22.6 Å². The number of anilines is 1. The van der Waals surface area contributed by atoms with E-state index in [1.54, 1.807) is 9.80 Å². The molecule has 132 valence electrons. The highest BCUT2D eigenvalue weighted by Crippen LogP contribution is 2.25. The molecular formula is C16H16FN4O4-. The molecule has 9 heteroatoms. The Kier molecular flexibility index (Phi) is 4.15. The van der Waals surface area contributed by atoms with Gasteiger partial charge in [-0.2, -0.15) is 5.10 Å². The molecule has 0 radical (unpaired) electrons. The summed E-state index contributed by atoms with van der Waals surface area (Å²) < 4.78 is 15.8. The second-order valence-corrected chi connectivity index (χ2v) is 5.90. The number of carbonyl (C=O) groups excluding carboxylic acids is 2. The third kappa shape index (κ3) is 2.92. The molecule has 1 aromatic carbocycles. The van der Waals surface area contributed by atoms with Crippen molar-refractivity contribution in [2.45, 2.75) is 6.92 Å². The van der Waals surface area contributed by atoms with E-state index in [0.717, 1.165) is 6.07 Å². The number of carbonyl (C=O) groups is 2. The summed E-state index contributed by atoms with van der Waals surface area (Å²) in [6, 6.07) is 2.50. The SMILES string of the molecule is CC(=O)N1CCN(c2cc3c(cc2F)c(=O)c(C(=O)[O-])nn3C)CC1. The molecule has 0 saturated carbocycles. The van der Waals surface area contributed by atoms with Crippen molar-refractivity contribution in [1.29, 1.82) is 0 Å². The Balaban J connectivity index is 2.05. The minimum atomic E-state index is -1.70. The fourth-order valence-electron chi connectivity index (χ4n) is 3.02. The highest BCUT2D eigenvalue weighted by Gasteiger charge is 2.22. The zero-order valence-electron chi connectivity index (χ0n) is 13.8. The standard InChI is InChI=1S/C16H17FN4O4/c1-9(22)20-3-5-21(6-4-20)13-8-12-10(7-11(13)17)15(23)14(16(24)25)18-19(12)2/h7-8H,3-6H2,1-2H3,(H,24,25)/p-1. The molecule has 1 aromatic heterocycles. The summed E-state index contributed by atoms with van der Waals surface area (Å²) in [4.78, 5) is 38.0. The lowest BCUT2D eigenvalue weighted by Gasteiger charge is -2.35. The molecule has 25 heavy (non-hydrogen) atoms. The molecule has 2 aromatic rings.